The zero-order valence-electron chi connectivity index (χ0n) is 16.7. The summed E-state index contributed by atoms with van der Waals surface area (Å²) >= 11 is 0. The molecule has 0 radical (unpaired) electrons. The van der Waals surface area contributed by atoms with Crippen molar-refractivity contribution in [1.29, 1.82) is 0 Å². The third-order valence-electron chi connectivity index (χ3n) is 4.70. The minimum atomic E-state index is -3.84. The molecule has 1 aromatic heterocycles. The second-order valence-corrected chi connectivity index (χ2v) is 8.81. The van der Waals surface area contributed by atoms with Crippen LogP contribution in [-0.4, -0.2) is 38.0 Å². The Bertz CT molecular complexity index is 1120. The number of carbonyl (C=O) groups excluding carboxylic acids is 1. The molecule has 156 valence electrons. The largest absolute Gasteiger partial charge is 0.387 e. The Hall–Kier alpha value is -3.23. The second-order valence-electron chi connectivity index (χ2n) is 6.84. The Kier molecular flexibility index (Phi) is 6.49. The summed E-state index contributed by atoms with van der Waals surface area (Å²) in [7, 11) is -2.37. The molecule has 8 heteroatoms. The normalized spacial score (nSPS) is 12.2. The first-order valence-electron chi connectivity index (χ1n) is 9.31. The van der Waals surface area contributed by atoms with Crippen LogP contribution in [0.4, 0.5) is 5.69 Å². The molecular formula is C22H23N3O4S. The molecule has 0 aliphatic rings. The highest BCUT2D eigenvalue weighted by Crippen LogP contribution is 2.23. The lowest BCUT2D eigenvalue weighted by Crippen LogP contribution is -2.29. The van der Waals surface area contributed by atoms with Crippen LogP contribution in [0.5, 0.6) is 0 Å². The highest BCUT2D eigenvalue weighted by molar-refractivity contribution is 7.92. The summed E-state index contributed by atoms with van der Waals surface area (Å²) in [6.07, 6.45) is 2.22. The van der Waals surface area contributed by atoms with Gasteiger partial charge in [0.05, 0.1) is 16.7 Å². The summed E-state index contributed by atoms with van der Waals surface area (Å²) in [5, 5.41) is 12.8. The Morgan fingerprint density at radius 3 is 2.43 bits per heavy atom. The second kappa shape index (κ2) is 9.06. The van der Waals surface area contributed by atoms with E-state index in [1.54, 1.807) is 36.7 Å². The van der Waals surface area contributed by atoms with Gasteiger partial charge in [-0.15, -0.1) is 0 Å². The molecule has 30 heavy (non-hydrogen) atoms. The van der Waals surface area contributed by atoms with Crippen molar-refractivity contribution in [2.45, 2.75) is 17.9 Å². The van der Waals surface area contributed by atoms with Crippen LogP contribution in [0.1, 0.15) is 27.6 Å². The van der Waals surface area contributed by atoms with Crippen LogP contribution < -0.4 is 9.62 Å². The van der Waals surface area contributed by atoms with Gasteiger partial charge in [-0.1, -0.05) is 23.8 Å². The highest BCUT2D eigenvalue weighted by Gasteiger charge is 2.22. The molecule has 1 unspecified atom stereocenters. The van der Waals surface area contributed by atoms with E-state index in [2.05, 4.69) is 10.3 Å². The van der Waals surface area contributed by atoms with E-state index in [-0.39, 0.29) is 17.0 Å². The van der Waals surface area contributed by atoms with Gasteiger partial charge in [-0.3, -0.25) is 14.1 Å². The topological polar surface area (TPSA) is 99.6 Å². The fourth-order valence-electron chi connectivity index (χ4n) is 2.84. The van der Waals surface area contributed by atoms with Crippen molar-refractivity contribution >= 4 is 21.6 Å². The Balaban J connectivity index is 1.74. The van der Waals surface area contributed by atoms with Crippen LogP contribution in [0.3, 0.4) is 0 Å². The summed E-state index contributed by atoms with van der Waals surface area (Å²) < 4.78 is 27.2. The minimum absolute atomic E-state index is 0.00732. The quantitative estimate of drug-likeness (QED) is 0.606. The van der Waals surface area contributed by atoms with E-state index in [9.17, 15) is 18.3 Å². The van der Waals surface area contributed by atoms with Gasteiger partial charge in [-0.25, -0.2) is 8.42 Å². The van der Waals surface area contributed by atoms with Crippen molar-refractivity contribution in [3.63, 3.8) is 0 Å². The van der Waals surface area contributed by atoms with Gasteiger partial charge >= 0.3 is 0 Å². The number of hydrogen-bond donors (Lipinski definition) is 2. The third-order valence-corrected chi connectivity index (χ3v) is 6.48. The molecule has 0 saturated heterocycles. The maximum absolute atomic E-state index is 13.0. The van der Waals surface area contributed by atoms with E-state index in [0.717, 1.165) is 5.56 Å². The monoisotopic (exact) mass is 425 g/mol. The number of aliphatic hydroxyl groups is 1. The number of sulfonamides is 1. The molecule has 0 spiro atoms. The van der Waals surface area contributed by atoms with E-state index < -0.39 is 22.0 Å². The average Bonchev–Trinajstić information content (AvgIpc) is 2.78. The first-order valence-corrected chi connectivity index (χ1v) is 10.7. The van der Waals surface area contributed by atoms with Gasteiger partial charge in [0.15, 0.2) is 0 Å². The summed E-state index contributed by atoms with van der Waals surface area (Å²) in [5.41, 5.74) is 2.37. The predicted molar refractivity (Wildman–Crippen MR) is 115 cm³/mol. The van der Waals surface area contributed by atoms with E-state index >= 15 is 0 Å². The van der Waals surface area contributed by atoms with Gasteiger partial charge in [0.2, 0.25) is 0 Å². The zero-order valence-corrected chi connectivity index (χ0v) is 17.5. The first-order chi connectivity index (χ1) is 14.3. The van der Waals surface area contributed by atoms with Crippen molar-refractivity contribution in [1.82, 2.24) is 10.3 Å². The van der Waals surface area contributed by atoms with E-state index in [0.29, 0.717) is 11.3 Å². The lowest BCUT2D eigenvalue weighted by atomic mass is 10.1. The van der Waals surface area contributed by atoms with Crippen molar-refractivity contribution in [2.24, 2.45) is 0 Å². The van der Waals surface area contributed by atoms with Gasteiger partial charge in [0.25, 0.3) is 15.9 Å². The minimum Gasteiger partial charge on any atom is -0.387 e. The molecule has 0 aliphatic heterocycles. The first kappa shape index (κ1) is 21.5. The van der Waals surface area contributed by atoms with Crippen LogP contribution in [-0.2, 0) is 10.0 Å². The molecule has 0 saturated carbocycles. The molecule has 2 N–H and O–H groups in total. The number of anilines is 1. The molecule has 0 aliphatic carbocycles. The van der Waals surface area contributed by atoms with Gasteiger partial charge < -0.3 is 10.4 Å². The molecule has 1 heterocycles. The molecule has 7 nitrogen and oxygen atoms in total. The van der Waals surface area contributed by atoms with Crippen LogP contribution in [0.2, 0.25) is 0 Å². The SMILES string of the molecule is Cc1ccc(N(C)S(=O)(=O)c2cccc(C(=O)NCC(O)c3ccncc3)c2)cc1. The molecule has 2 aromatic carbocycles. The van der Waals surface area contributed by atoms with Crippen LogP contribution in [0.25, 0.3) is 0 Å². The zero-order chi connectivity index (χ0) is 21.7. The summed E-state index contributed by atoms with van der Waals surface area (Å²) in [6.45, 7) is 1.91. The Morgan fingerprint density at radius 1 is 1.10 bits per heavy atom. The number of aliphatic hydroxyl groups excluding tert-OH is 1. The van der Waals surface area contributed by atoms with Gasteiger partial charge in [-0.05, 0) is 55.0 Å². The number of aryl methyl sites for hydroxylation is 1. The molecular weight excluding hydrogens is 402 g/mol. The van der Waals surface area contributed by atoms with Gasteiger partial charge in [-0.2, -0.15) is 0 Å². The molecule has 3 aromatic rings. The van der Waals surface area contributed by atoms with Crippen LogP contribution >= 0.6 is 0 Å². The number of rotatable bonds is 7. The molecule has 1 amide bonds. The summed E-state index contributed by atoms with van der Waals surface area (Å²) in [5.74, 6) is -0.474. The number of benzene rings is 2. The fraction of sp³-hybridized carbons (Fsp3) is 0.182. The summed E-state index contributed by atoms with van der Waals surface area (Å²) in [6, 6.07) is 16.3. The number of nitrogens with one attached hydrogen (secondary N) is 1. The Labute approximate surface area is 176 Å². The highest BCUT2D eigenvalue weighted by atomic mass is 32.2. The standard InChI is InChI=1S/C22H23N3O4S/c1-16-6-8-19(9-7-16)25(2)30(28,29)20-5-3-4-18(14-20)22(27)24-15-21(26)17-10-12-23-13-11-17/h3-14,21,26H,15H2,1-2H3,(H,24,27). The molecule has 1 atom stereocenters. The van der Waals surface area contributed by atoms with Crippen molar-refractivity contribution < 1.29 is 18.3 Å². The number of aromatic nitrogens is 1. The lowest BCUT2D eigenvalue weighted by molar-refractivity contribution is 0.0916. The van der Waals surface area contributed by atoms with E-state index in [1.165, 1.54) is 35.6 Å². The Morgan fingerprint density at radius 2 is 1.77 bits per heavy atom. The average molecular weight is 426 g/mol. The van der Waals surface area contributed by atoms with Crippen LogP contribution in [0, 0.1) is 6.92 Å². The number of nitrogens with zero attached hydrogens (tertiary/aromatic N) is 2. The maximum Gasteiger partial charge on any atom is 0.264 e. The number of hydrogen-bond acceptors (Lipinski definition) is 5. The predicted octanol–water partition coefficient (Wildman–Crippen LogP) is 2.68. The number of amides is 1. The van der Waals surface area contributed by atoms with E-state index in [4.69, 9.17) is 0 Å². The van der Waals surface area contributed by atoms with Crippen molar-refractivity contribution in [2.75, 3.05) is 17.9 Å². The summed E-state index contributed by atoms with van der Waals surface area (Å²) in [4.78, 5) is 16.4. The maximum atomic E-state index is 13.0. The molecule has 0 bridgehead atoms. The van der Waals surface area contributed by atoms with E-state index in [1.807, 2.05) is 19.1 Å². The fourth-order valence-corrected chi connectivity index (χ4v) is 4.09. The third kappa shape index (κ3) is 4.84. The van der Waals surface area contributed by atoms with Crippen LogP contribution in [0.15, 0.2) is 78.0 Å². The lowest BCUT2D eigenvalue weighted by Gasteiger charge is -2.20. The molecule has 3 rings (SSSR count). The van der Waals surface area contributed by atoms with Gasteiger partial charge in [0, 0.05) is 31.5 Å². The number of carbonyl (C=O) groups is 1. The van der Waals surface area contributed by atoms with Crippen molar-refractivity contribution in [3.05, 3.63) is 89.7 Å². The number of pyridine rings is 1. The smallest absolute Gasteiger partial charge is 0.264 e. The molecule has 0 fully saturated rings. The van der Waals surface area contributed by atoms with Crippen molar-refractivity contribution in [3.8, 4) is 0 Å². The van der Waals surface area contributed by atoms with Gasteiger partial charge in [0.1, 0.15) is 0 Å².